The first-order valence-corrected chi connectivity index (χ1v) is 5.62. The fraction of sp³-hybridized carbons (Fsp3) is 0.455. The molecule has 0 radical (unpaired) electrons. The SMILES string of the molecule is CCOCc1ccc(CBr)cc1C. The van der Waals surface area contributed by atoms with Crippen molar-refractivity contribution < 1.29 is 4.74 Å². The van der Waals surface area contributed by atoms with Crippen molar-refractivity contribution in [2.75, 3.05) is 6.61 Å². The van der Waals surface area contributed by atoms with E-state index in [1.165, 1.54) is 16.7 Å². The summed E-state index contributed by atoms with van der Waals surface area (Å²) < 4.78 is 5.36. The molecular weight excluding hydrogens is 228 g/mol. The molecule has 0 saturated carbocycles. The van der Waals surface area contributed by atoms with Gasteiger partial charge in [0.25, 0.3) is 0 Å². The largest absolute Gasteiger partial charge is 0.377 e. The maximum Gasteiger partial charge on any atom is 0.0719 e. The lowest BCUT2D eigenvalue weighted by molar-refractivity contribution is 0.133. The quantitative estimate of drug-likeness (QED) is 0.736. The second-order valence-corrected chi connectivity index (χ2v) is 3.59. The third kappa shape index (κ3) is 3.12. The summed E-state index contributed by atoms with van der Waals surface area (Å²) in [7, 11) is 0. The van der Waals surface area contributed by atoms with Crippen LogP contribution in [0.25, 0.3) is 0 Å². The highest BCUT2D eigenvalue weighted by molar-refractivity contribution is 9.08. The Balaban J connectivity index is 2.73. The fourth-order valence-corrected chi connectivity index (χ4v) is 1.56. The van der Waals surface area contributed by atoms with Gasteiger partial charge in [0.05, 0.1) is 6.61 Å². The van der Waals surface area contributed by atoms with Crippen LogP contribution in [-0.2, 0) is 16.7 Å². The van der Waals surface area contributed by atoms with E-state index in [9.17, 15) is 0 Å². The van der Waals surface area contributed by atoms with Crippen LogP contribution < -0.4 is 0 Å². The molecule has 0 saturated heterocycles. The summed E-state index contributed by atoms with van der Waals surface area (Å²) in [6.07, 6.45) is 0. The van der Waals surface area contributed by atoms with Crippen molar-refractivity contribution in [2.45, 2.75) is 25.8 Å². The number of alkyl halides is 1. The van der Waals surface area contributed by atoms with Crippen molar-refractivity contribution >= 4 is 15.9 Å². The van der Waals surface area contributed by atoms with Gasteiger partial charge >= 0.3 is 0 Å². The Morgan fingerprint density at radius 3 is 2.69 bits per heavy atom. The fourth-order valence-electron chi connectivity index (χ4n) is 1.22. The highest BCUT2D eigenvalue weighted by Gasteiger charge is 1.98. The smallest absolute Gasteiger partial charge is 0.0719 e. The number of hydrogen-bond donors (Lipinski definition) is 0. The molecule has 72 valence electrons. The molecule has 0 atom stereocenters. The van der Waals surface area contributed by atoms with E-state index in [1.54, 1.807) is 0 Å². The molecule has 1 aromatic carbocycles. The summed E-state index contributed by atoms with van der Waals surface area (Å²) in [5.41, 5.74) is 3.91. The molecule has 0 aliphatic carbocycles. The molecule has 2 heteroatoms. The van der Waals surface area contributed by atoms with Gasteiger partial charge in [-0.25, -0.2) is 0 Å². The maximum absolute atomic E-state index is 5.36. The number of ether oxygens (including phenoxy) is 1. The molecule has 0 N–H and O–H groups in total. The molecule has 0 heterocycles. The van der Waals surface area contributed by atoms with Crippen molar-refractivity contribution in [2.24, 2.45) is 0 Å². The average Bonchev–Trinajstić information content (AvgIpc) is 2.16. The summed E-state index contributed by atoms with van der Waals surface area (Å²) in [6, 6.07) is 6.47. The Morgan fingerprint density at radius 2 is 2.15 bits per heavy atom. The number of halogens is 1. The van der Waals surface area contributed by atoms with Crippen LogP contribution in [-0.4, -0.2) is 6.61 Å². The minimum absolute atomic E-state index is 0.727. The monoisotopic (exact) mass is 242 g/mol. The van der Waals surface area contributed by atoms with E-state index in [0.29, 0.717) is 0 Å². The van der Waals surface area contributed by atoms with Gasteiger partial charge in [-0.1, -0.05) is 34.1 Å². The van der Waals surface area contributed by atoms with Gasteiger partial charge in [0.1, 0.15) is 0 Å². The summed E-state index contributed by atoms with van der Waals surface area (Å²) in [6.45, 7) is 5.65. The Bertz CT molecular complexity index is 271. The standard InChI is InChI=1S/C11H15BrO/c1-3-13-8-11-5-4-10(7-12)6-9(11)2/h4-6H,3,7-8H2,1-2H3. The van der Waals surface area contributed by atoms with Crippen LogP contribution in [0, 0.1) is 6.92 Å². The van der Waals surface area contributed by atoms with Crippen LogP contribution in [0.15, 0.2) is 18.2 Å². The number of benzene rings is 1. The van der Waals surface area contributed by atoms with Gasteiger partial charge in [0, 0.05) is 11.9 Å². The molecule has 0 aliphatic heterocycles. The van der Waals surface area contributed by atoms with Crippen LogP contribution in [0.2, 0.25) is 0 Å². The van der Waals surface area contributed by atoms with Gasteiger partial charge in [0.2, 0.25) is 0 Å². The lowest BCUT2D eigenvalue weighted by Crippen LogP contribution is -1.95. The lowest BCUT2D eigenvalue weighted by atomic mass is 10.1. The van der Waals surface area contributed by atoms with Crippen molar-refractivity contribution in [3.63, 3.8) is 0 Å². The maximum atomic E-state index is 5.36. The summed E-state index contributed by atoms with van der Waals surface area (Å²) in [4.78, 5) is 0. The van der Waals surface area contributed by atoms with Gasteiger partial charge < -0.3 is 4.74 Å². The second-order valence-electron chi connectivity index (χ2n) is 3.03. The van der Waals surface area contributed by atoms with E-state index in [1.807, 2.05) is 6.92 Å². The minimum Gasteiger partial charge on any atom is -0.377 e. The number of aryl methyl sites for hydroxylation is 1. The van der Waals surface area contributed by atoms with Gasteiger partial charge in [-0.15, -0.1) is 0 Å². The van der Waals surface area contributed by atoms with E-state index in [4.69, 9.17) is 4.74 Å². The zero-order valence-electron chi connectivity index (χ0n) is 8.14. The first kappa shape index (κ1) is 10.7. The molecule has 0 fully saturated rings. The van der Waals surface area contributed by atoms with E-state index >= 15 is 0 Å². The summed E-state index contributed by atoms with van der Waals surface area (Å²) >= 11 is 3.44. The highest BCUT2D eigenvalue weighted by Crippen LogP contribution is 2.14. The molecule has 0 unspecified atom stereocenters. The zero-order chi connectivity index (χ0) is 9.68. The molecule has 0 spiro atoms. The van der Waals surface area contributed by atoms with Gasteiger partial charge in [-0.3, -0.25) is 0 Å². The molecular formula is C11H15BrO. The zero-order valence-corrected chi connectivity index (χ0v) is 9.73. The molecule has 1 nitrogen and oxygen atoms in total. The van der Waals surface area contributed by atoms with Gasteiger partial charge in [-0.05, 0) is 30.5 Å². The topological polar surface area (TPSA) is 9.23 Å². The molecule has 0 bridgehead atoms. The molecule has 0 aliphatic rings. The van der Waals surface area contributed by atoms with Crippen LogP contribution in [0.5, 0.6) is 0 Å². The van der Waals surface area contributed by atoms with Crippen molar-refractivity contribution in [3.05, 3.63) is 34.9 Å². The Kier molecular flexibility index (Phi) is 4.46. The first-order chi connectivity index (χ1) is 6.27. The first-order valence-electron chi connectivity index (χ1n) is 4.50. The van der Waals surface area contributed by atoms with E-state index in [-0.39, 0.29) is 0 Å². The van der Waals surface area contributed by atoms with E-state index in [0.717, 1.165) is 18.5 Å². The van der Waals surface area contributed by atoms with Crippen LogP contribution >= 0.6 is 15.9 Å². The van der Waals surface area contributed by atoms with Gasteiger partial charge in [0.15, 0.2) is 0 Å². The number of rotatable bonds is 4. The molecule has 1 aromatic rings. The Morgan fingerprint density at radius 1 is 1.38 bits per heavy atom. The van der Waals surface area contributed by atoms with Crippen LogP contribution in [0.1, 0.15) is 23.6 Å². The Labute approximate surface area is 88.2 Å². The normalized spacial score (nSPS) is 10.4. The third-order valence-corrected chi connectivity index (χ3v) is 2.67. The predicted molar refractivity (Wildman–Crippen MR) is 59.1 cm³/mol. The van der Waals surface area contributed by atoms with E-state index < -0.39 is 0 Å². The molecule has 1 rings (SSSR count). The molecule has 0 amide bonds. The van der Waals surface area contributed by atoms with Crippen molar-refractivity contribution in [1.82, 2.24) is 0 Å². The third-order valence-electron chi connectivity index (χ3n) is 2.02. The minimum atomic E-state index is 0.727. The van der Waals surface area contributed by atoms with Gasteiger partial charge in [-0.2, -0.15) is 0 Å². The van der Waals surface area contributed by atoms with Crippen molar-refractivity contribution in [1.29, 1.82) is 0 Å². The summed E-state index contributed by atoms with van der Waals surface area (Å²) in [5, 5.41) is 0.919. The van der Waals surface area contributed by atoms with Crippen molar-refractivity contribution in [3.8, 4) is 0 Å². The van der Waals surface area contributed by atoms with Crippen LogP contribution in [0.4, 0.5) is 0 Å². The average molecular weight is 243 g/mol. The highest BCUT2D eigenvalue weighted by atomic mass is 79.9. The van der Waals surface area contributed by atoms with E-state index in [2.05, 4.69) is 41.1 Å². The molecule has 13 heavy (non-hydrogen) atoms. The lowest BCUT2D eigenvalue weighted by Gasteiger charge is -2.06. The Hall–Kier alpha value is -0.340. The molecule has 0 aromatic heterocycles. The number of hydrogen-bond acceptors (Lipinski definition) is 1. The summed E-state index contributed by atoms with van der Waals surface area (Å²) in [5.74, 6) is 0. The van der Waals surface area contributed by atoms with Crippen LogP contribution in [0.3, 0.4) is 0 Å². The predicted octanol–water partition coefficient (Wildman–Crippen LogP) is 3.43. The second kappa shape index (κ2) is 5.40.